The van der Waals surface area contributed by atoms with E-state index in [1.54, 1.807) is 6.07 Å². The van der Waals surface area contributed by atoms with Gasteiger partial charge in [0.2, 0.25) is 0 Å². The molecule has 0 radical (unpaired) electrons. The van der Waals surface area contributed by atoms with E-state index in [2.05, 4.69) is 17.1 Å². The van der Waals surface area contributed by atoms with Gasteiger partial charge in [-0.15, -0.1) is 15.0 Å². The molecule has 0 atom stereocenters. The number of nitrogens with zero attached hydrogens (tertiary/aromatic N) is 3. The fourth-order valence-electron chi connectivity index (χ4n) is 2.96. The van der Waals surface area contributed by atoms with Crippen molar-refractivity contribution in [2.75, 3.05) is 0 Å². The molecule has 4 heteroatoms. The summed E-state index contributed by atoms with van der Waals surface area (Å²) in [5.74, 6) is 0.210. The summed E-state index contributed by atoms with van der Waals surface area (Å²) in [6.07, 6.45) is 8.74. The fourth-order valence-corrected chi connectivity index (χ4v) is 2.96. The van der Waals surface area contributed by atoms with Crippen molar-refractivity contribution in [1.29, 1.82) is 0 Å². The molecule has 1 aromatic heterocycles. The van der Waals surface area contributed by atoms with Gasteiger partial charge in [-0.25, -0.2) is 0 Å². The van der Waals surface area contributed by atoms with Crippen LogP contribution in [0.3, 0.4) is 0 Å². The highest BCUT2D eigenvalue weighted by atomic mass is 16.3. The van der Waals surface area contributed by atoms with Crippen LogP contribution in [-0.4, -0.2) is 20.1 Å². The van der Waals surface area contributed by atoms with Gasteiger partial charge in [-0.1, -0.05) is 64.7 Å². The molecular formula is C21H29N3O. The highest BCUT2D eigenvalue weighted by Crippen LogP contribution is 2.24. The largest absolute Gasteiger partial charge is 0.506 e. The van der Waals surface area contributed by atoms with Crippen molar-refractivity contribution in [2.24, 2.45) is 0 Å². The van der Waals surface area contributed by atoms with Crippen LogP contribution in [0.1, 0.15) is 58.4 Å². The molecule has 0 aliphatic rings. The molecule has 1 heterocycles. The van der Waals surface area contributed by atoms with E-state index in [0.29, 0.717) is 5.69 Å². The summed E-state index contributed by atoms with van der Waals surface area (Å²) in [6, 6.07) is 13.5. The van der Waals surface area contributed by atoms with Crippen LogP contribution in [-0.2, 0) is 6.42 Å². The Hall–Kier alpha value is -2.36. The summed E-state index contributed by atoms with van der Waals surface area (Å²) in [5.41, 5.74) is 3.53. The van der Waals surface area contributed by atoms with Crippen LogP contribution in [0.2, 0.25) is 0 Å². The molecule has 0 aliphatic carbocycles. The quantitative estimate of drug-likeness (QED) is 0.538. The Bertz CT molecular complexity index is 762. The van der Waals surface area contributed by atoms with E-state index in [4.69, 9.17) is 0 Å². The first-order valence-electron chi connectivity index (χ1n) is 8.92. The van der Waals surface area contributed by atoms with Gasteiger partial charge >= 0.3 is 0 Å². The molecule has 3 aromatic rings. The van der Waals surface area contributed by atoms with Crippen molar-refractivity contribution in [3.05, 3.63) is 48.0 Å². The third-order valence-corrected chi connectivity index (χ3v) is 4.36. The maximum atomic E-state index is 10.2. The summed E-state index contributed by atoms with van der Waals surface area (Å²) in [7, 11) is 0. The van der Waals surface area contributed by atoms with Crippen LogP contribution in [0.5, 0.6) is 5.75 Å². The molecule has 0 spiro atoms. The van der Waals surface area contributed by atoms with E-state index in [1.165, 1.54) is 48.9 Å². The second-order valence-electron chi connectivity index (χ2n) is 6.32. The molecular weight excluding hydrogens is 310 g/mol. The van der Waals surface area contributed by atoms with E-state index in [-0.39, 0.29) is 13.2 Å². The van der Waals surface area contributed by atoms with E-state index in [1.807, 2.05) is 36.4 Å². The maximum Gasteiger partial charge on any atom is 0.143 e. The minimum absolute atomic E-state index is 0. The topological polar surface area (TPSA) is 50.9 Å². The molecule has 0 saturated carbocycles. The maximum absolute atomic E-state index is 10.2. The smallest absolute Gasteiger partial charge is 0.143 e. The molecule has 25 heavy (non-hydrogen) atoms. The number of fused-ring (bicyclic) bond motifs is 1. The highest BCUT2D eigenvalue weighted by Gasteiger charge is 2.09. The van der Waals surface area contributed by atoms with Gasteiger partial charge in [-0.3, -0.25) is 0 Å². The molecule has 4 nitrogen and oxygen atoms in total. The minimum atomic E-state index is 0. The average molecular weight is 339 g/mol. The van der Waals surface area contributed by atoms with Gasteiger partial charge < -0.3 is 5.11 Å². The molecule has 0 unspecified atom stereocenters. The Labute approximate surface area is 150 Å². The van der Waals surface area contributed by atoms with Crippen LogP contribution >= 0.6 is 0 Å². The van der Waals surface area contributed by atoms with Gasteiger partial charge in [-0.05, 0) is 42.7 Å². The zero-order valence-corrected chi connectivity index (χ0v) is 14.3. The van der Waals surface area contributed by atoms with Gasteiger partial charge in [0.15, 0.2) is 0 Å². The van der Waals surface area contributed by atoms with E-state index < -0.39 is 0 Å². The number of phenols is 1. The van der Waals surface area contributed by atoms with E-state index in [0.717, 1.165) is 17.5 Å². The highest BCUT2D eigenvalue weighted by molar-refractivity contribution is 5.73. The van der Waals surface area contributed by atoms with Crippen LogP contribution in [0.4, 0.5) is 0 Å². The predicted octanol–water partition coefficient (Wildman–Crippen LogP) is 5.67. The SMILES string of the molecule is C.CCCCCCCCc1ccc(O)c(-n2nc3ccccc3n2)c1. The van der Waals surface area contributed by atoms with Crippen molar-refractivity contribution in [3.8, 4) is 11.4 Å². The predicted molar refractivity (Wildman–Crippen MR) is 104 cm³/mol. The molecule has 0 amide bonds. The van der Waals surface area contributed by atoms with Crippen LogP contribution in [0, 0.1) is 0 Å². The number of rotatable bonds is 8. The number of aryl methyl sites for hydroxylation is 1. The molecule has 0 saturated heterocycles. The van der Waals surface area contributed by atoms with Crippen molar-refractivity contribution >= 4 is 11.0 Å². The van der Waals surface area contributed by atoms with Crippen LogP contribution < -0.4 is 0 Å². The molecule has 0 fully saturated rings. The third-order valence-electron chi connectivity index (χ3n) is 4.36. The number of unbranched alkanes of at least 4 members (excludes halogenated alkanes) is 5. The summed E-state index contributed by atoms with van der Waals surface area (Å²) in [5, 5.41) is 19.1. The van der Waals surface area contributed by atoms with Gasteiger partial charge in [0.1, 0.15) is 22.5 Å². The van der Waals surface area contributed by atoms with Crippen molar-refractivity contribution in [1.82, 2.24) is 15.0 Å². The first kappa shape index (κ1) is 19.0. The number of aromatic nitrogens is 3. The van der Waals surface area contributed by atoms with Crippen molar-refractivity contribution in [3.63, 3.8) is 0 Å². The molecule has 1 N–H and O–H groups in total. The second kappa shape index (κ2) is 9.21. The molecule has 2 aromatic carbocycles. The minimum Gasteiger partial charge on any atom is -0.506 e. The van der Waals surface area contributed by atoms with Crippen LogP contribution in [0.25, 0.3) is 16.7 Å². The molecule has 0 aliphatic heterocycles. The number of aromatic hydroxyl groups is 1. The lowest BCUT2D eigenvalue weighted by molar-refractivity contribution is 0.467. The normalized spacial score (nSPS) is 10.8. The first-order valence-corrected chi connectivity index (χ1v) is 8.92. The second-order valence-corrected chi connectivity index (χ2v) is 6.32. The van der Waals surface area contributed by atoms with Gasteiger partial charge in [0.05, 0.1) is 0 Å². The summed E-state index contributed by atoms with van der Waals surface area (Å²) in [6.45, 7) is 2.24. The zero-order chi connectivity index (χ0) is 16.8. The van der Waals surface area contributed by atoms with Crippen molar-refractivity contribution < 1.29 is 5.11 Å². The Morgan fingerprint density at radius 2 is 1.52 bits per heavy atom. The zero-order valence-electron chi connectivity index (χ0n) is 14.3. The Balaban J connectivity index is 0.00000225. The number of hydrogen-bond acceptors (Lipinski definition) is 3. The standard InChI is InChI=1S/C20H25N3O.CH4/c1-2-3-4-5-6-7-10-16-13-14-20(24)19(15-16)23-21-17-11-8-9-12-18(17)22-23;/h8-9,11-15,24H,2-7,10H2,1H3;1H4. The Morgan fingerprint density at radius 3 is 2.20 bits per heavy atom. The summed E-state index contributed by atoms with van der Waals surface area (Å²) in [4.78, 5) is 1.53. The lowest BCUT2D eigenvalue weighted by Crippen LogP contribution is -2.00. The van der Waals surface area contributed by atoms with Gasteiger partial charge in [-0.2, -0.15) is 0 Å². The average Bonchev–Trinajstić information content (AvgIpc) is 3.03. The summed E-state index contributed by atoms with van der Waals surface area (Å²) >= 11 is 0. The van der Waals surface area contributed by atoms with E-state index >= 15 is 0 Å². The first-order chi connectivity index (χ1) is 11.8. The lowest BCUT2D eigenvalue weighted by atomic mass is 10.0. The Kier molecular flexibility index (Phi) is 6.99. The summed E-state index contributed by atoms with van der Waals surface area (Å²) < 4.78 is 0. The fraction of sp³-hybridized carbons (Fsp3) is 0.429. The van der Waals surface area contributed by atoms with Gasteiger partial charge in [0, 0.05) is 0 Å². The lowest BCUT2D eigenvalue weighted by Gasteiger charge is -2.07. The van der Waals surface area contributed by atoms with E-state index in [9.17, 15) is 5.11 Å². The molecule has 3 rings (SSSR count). The third kappa shape index (κ3) is 4.81. The molecule has 134 valence electrons. The number of hydrogen-bond donors (Lipinski definition) is 1. The number of phenolic OH excluding ortho intramolecular Hbond substituents is 1. The van der Waals surface area contributed by atoms with Gasteiger partial charge in [0.25, 0.3) is 0 Å². The van der Waals surface area contributed by atoms with Crippen molar-refractivity contribution in [2.45, 2.75) is 59.3 Å². The number of benzene rings is 2. The van der Waals surface area contributed by atoms with Crippen LogP contribution in [0.15, 0.2) is 42.5 Å². The Morgan fingerprint density at radius 1 is 0.880 bits per heavy atom. The monoisotopic (exact) mass is 339 g/mol. The molecule has 0 bridgehead atoms.